The lowest BCUT2D eigenvalue weighted by molar-refractivity contribution is -0.182. The fraction of sp³-hybridized carbons (Fsp3) is 0.789. The second-order valence-corrected chi connectivity index (χ2v) is 7.81. The van der Waals surface area contributed by atoms with Crippen LogP contribution in [-0.4, -0.2) is 62.3 Å². The van der Waals surface area contributed by atoms with Crippen molar-refractivity contribution >= 4 is 11.9 Å². The summed E-state index contributed by atoms with van der Waals surface area (Å²) >= 11 is 0. The second-order valence-electron chi connectivity index (χ2n) is 7.81. The van der Waals surface area contributed by atoms with Crippen LogP contribution in [0.25, 0.3) is 0 Å². The maximum Gasteiger partial charge on any atom is 0.417 e. The van der Waals surface area contributed by atoms with Gasteiger partial charge in [0, 0.05) is 7.11 Å². The molecule has 0 radical (unpaired) electrons. The van der Waals surface area contributed by atoms with Gasteiger partial charge < -0.3 is 23.7 Å². The fourth-order valence-electron chi connectivity index (χ4n) is 4.34. The number of allylic oxidation sites excluding steroid dienone is 1. The molecule has 1 spiro atoms. The first kappa shape index (κ1) is 19.3. The van der Waals surface area contributed by atoms with Crippen molar-refractivity contribution in [3.63, 3.8) is 0 Å². The van der Waals surface area contributed by atoms with Crippen LogP contribution in [0.5, 0.6) is 0 Å². The number of carbonyl (C=O) groups excluding carboxylic acids is 2. The van der Waals surface area contributed by atoms with Gasteiger partial charge in [-0.2, -0.15) is 0 Å². The van der Waals surface area contributed by atoms with Crippen LogP contribution in [0.3, 0.4) is 0 Å². The third-order valence-electron chi connectivity index (χ3n) is 5.85. The van der Waals surface area contributed by atoms with E-state index in [1.54, 1.807) is 7.11 Å². The standard InChI is InChI=1S/C19H28O7/c1-11(2)6-7-13-18(3,26-13)15-14(22-4)12(8-9-19(15)10-24-19)25-17(21)16(20)23-5/h6,12-15H,7-10H2,1-5H3/t12-,13-,14-,15-,18+,19+/m1/s1. The van der Waals surface area contributed by atoms with Gasteiger partial charge >= 0.3 is 11.9 Å². The minimum absolute atomic E-state index is 0.0697. The van der Waals surface area contributed by atoms with Crippen molar-refractivity contribution in [3.05, 3.63) is 11.6 Å². The van der Waals surface area contributed by atoms with Gasteiger partial charge in [-0.05, 0) is 40.0 Å². The Balaban J connectivity index is 1.77. The first-order chi connectivity index (χ1) is 12.3. The highest BCUT2D eigenvalue weighted by Gasteiger charge is 2.72. The molecule has 7 nitrogen and oxygen atoms in total. The molecule has 146 valence electrons. The van der Waals surface area contributed by atoms with E-state index in [0.29, 0.717) is 13.0 Å². The number of hydrogen-bond acceptors (Lipinski definition) is 7. The molecule has 1 saturated carbocycles. The van der Waals surface area contributed by atoms with E-state index in [-0.39, 0.29) is 17.6 Å². The summed E-state index contributed by atoms with van der Waals surface area (Å²) < 4.78 is 27.5. The second kappa shape index (κ2) is 6.94. The van der Waals surface area contributed by atoms with Gasteiger partial charge in [-0.15, -0.1) is 0 Å². The predicted molar refractivity (Wildman–Crippen MR) is 91.4 cm³/mol. The molecule has 1 aliphatic carbocycles. The van der Waals surface area contributed by atoms with E-state index in [4.69, 9.17) is 18.9 Å². The normalized spacial score (nSPS) is 40.7. The van der Waals surface area contributed by atoms with E-state index in [0.717, 1.165) is 20.0 Å². The summed E-state index contributed by atoms with van der Waals surface area (Å²) in [4.78, 5) is 23.3. The van der Waals surface area contributed by atoms with Crippen molar-refractivity contribution < 1.29 is 33.3 Å². The molecule has 2 saturated heterocycles. The highest BCUT2D eigenvalue weighted by molar-refractivity contribution is 6.29. The Morgan fingerprint density at radius 3 is 2.46 bits per heavy atom. The molecule has 3 aliphatic rings. The average Bonchev–Trinajstić information content (AvgIpc) is 3.51. The maximum absolute atomic E-state index is 11.9. The Morgan fingerprint density at radius 2 is 1.92 bits per heavy atom. The Labute approximate surface area is 153 Å². The minimum Gasteiger partial charge on any atom is -0.461 e. The first-order valence-electron chi connectivity index (χ1n) is 9.04. The molecular weight excluding hydrogens is 340 g/mol. The Morgan fingerprint density at radius 1 is 1.23 bits per heavy atom. The summed E-state index contributed by atoms with van der Waals surface area (Å²) in [7, 11) is 2.75. The van der Waals surface area contributed by atoms with Gasteiger partial charge in [-0.3, -0.25) is 0 Å². The topological polar surface area (TPSA) is 86.9 Å². The molecule has 0 aromatic carbocycles. The smallest absolute Gasteiger partial charge is 0.417 e. The molecule has 2 heterocycles. The van der Waals surface area contributed by atoms with Gasteiger partial charge in [-0.1, -0.05) is 11.6 Å². The van der Waals surface area contributed by atoms with Crippen LogP contribution in [-0.2, 0) is 33.3 Å². The third kappa shape index (κ3) is 3.40. The summed E-state index contributed by atoms with van der Waals surface area (Å²) in [5.74, 6) is -2.07. The van der Waals surface area contributed by atoms with Crippen LogP contribution >= 0.6 is 0 Å². The monoisotopic (exact) mass is 368 g/mol. The quantitative estimate of drug-likeness (QED) is 0.316. The first-order valence-corrected chi connectivity index (χ1v) is 9.04. The molecular formula is C19H28O7. The van der Waals surface area contributed by atoms with E-state index in [9.17, 15) is 9.59 Å². The van der Waals surface area contributed by atoms with E-state index in [2.05, 4.69) is 31.6 Å². The summed E-state index contributed by atoms with van der Waals surface area (Å²) in [6.45, 7) is 6.85. The van der Waals surface area contributed by atoms with Gasteiger partial charge in [0.1, 0.15) is 23.4 Å². The molecule has 0 unspecified atom stereocenters. The lowest BCUT2D eigenvalue weighted by Gasteiger charge is -2.42. The van der Waals surface area contributed by atoms with E-state index in [1.807, 2.05) is 0 Å². The lowest BCUT2D eigenvalue weighted by Crippen LogP contribution is -2.56. The van der Waals surface area contributed by atoms with Crippen LogP contribution in [0, 0.1) is 5.92 Å². The van der Waals surface area contributed by atoms with Gasteiger partial charge in [-0.25, -0.2) is 9.59 Å². The van der Waals surface area contributed by atoms with Crippen LogP contribution in [0.15, 0.2) is 11.6 Å². The summed E-state index contributed by atoms with van der Waals surface area (Å²) in [6.07, 6.45) is 3.45. The van der Waals surface area contributed by atoms with Gasteiger partial charge in [0.25, 0.3) is 0 Å². The molecule has 0 N–H and O–H groups in total. The Bertz CT molecular complexity index is 605. The molecule has 7 heteroatoms. The highest BCUT2D eigenvalue weighted by atomic mass is 16.6. The molecule has 3 fully saturated rings. The number of carbonyl (C=O) groups is 2. The maximum atomic E-state index is 11.9. The molecule has 0 aromatic rings. The fourth-order valence-corrected chi connectivity index (χ4v) is 4.34. The molecule has 0 amide bonds. The number of esters is 2. The molecule has 0 bridgehead atoms. The average molecular weight is 368 g/mol. The zero-order valence-corrected chi connectivity index (χ0v) is 16.1. The van der Waals surface area contributed by atoms with Gasteiger partial charge in [0.15, 0.2) is 0 Å². The van der Waals surface area contributed by atoms with E-state index in [1.165, 1.54) is 5.57 Å². The van der Waals surface area contributed by atoms with E-state index < -0.39 is 29.7 Å². The summed E-state index contributed by atoms with van der Waals surface area (Å²) in [6, 6.07) is 0. The van der Waals surface area contributed by atoms with Crippen LogP contribution in [0.2, 0.25) is 0 Å². The van der Waals surface area contributed by atoms with Crippen LogP contribution in [0.4, 0.5) is 0 Å². The summed E-state index contributed by atoms with van der Waals surface area (Å²) in [5.41, 5.74) is 0.556. The predicted octanol–water partition coefficient (Wildman–Crippen LogP) is 1.78. The minimum atomic E-state index is -1.00. The lowest BCUT2D eigenvalue weighted by atomic mass is 9.68. The zero-order chi connectivity index (χ0) is 19.1. The number of epoxide rings is 2. The number of hydrogen-bond donors (Lipinski definition) is 0. The van der Waals surface area contributed by atoms with Crippen molar-refractivity contribution in [2.24, 2.45) is 5.92 Å². The molecule has 26 heavy (non-hydrogen) atoms. The van der Waals surface area contributed by atoms with Gasteiger partial charge in [0.2, 0.25) is 0 Å². The molecule has 0 aromatic heterocycles. The van der Waals surface area contributed by atoms with Crippen molar-refractivity contribution in [3.8, 4) is 0 Å². The molecule has 2 aliphatic heterocycles. The third-order valence-corrected chi connectivity index (χ3v) is 5.85. The summed E-state index contributed by atoms with van der Waals surface area (Å²) in [5, 5.41) is 0. The number of rotatable bonds is 5. The van der Waals surface area contributed by atoms with Crippen molar-refractivity contribution in [2.45, 2.75) is 69.5 Å². The Kier molecular flexibility index (Phi) is 5.16. The van der Waals surface area contributed by atoms with E-state index >= 15 is 0 Å². The number of ether oxygens (including phenoxy) is 5. The zero-order valence-electron chi connectivity index (χ0n) is 16.1. The SMILES string of the molecule is COC(=O)C(=O)O[C@@H]1CC[C@]2(CO2)[C@@H]([C@@]2(C)O[C@@H]2CC=C(C)C)[C@@H]1OC. The van der Waals surface area contributed by atoms with Crippen molar-refractivity contribution in [1.82, 2.24) is 0 Å². The molecule has 6 atom stereocenters. The van der Waals surface area contributed by atoms with Crippen LogP contribution < -0.4 is 0 Å². The van der Waals surface area contributed by atoms with Gasteiger partial charge in [0.05, 0.1) is 25.7 Å². The highest BCUT2D eigenvalue weighted by Crippen LogP contribution is 2.59. The molecule has 3 rings (SSSR count). The Hall–Kier alpha value is -1.44. The van der Waals surface area contributed by atoms with Crippen molar-refractivity contribution in [2.75, 3.05) is 20.8 Å². The van der Waals surface area contributed by atoms with Crippen LogP contribution in [0.1, 0.15) is 40.0 Å². The number of methoxy groups -OCH3 is 2. The van der Waals surface area contributed by atoms with Crippen molar-refractivity contribution in [1.29, 1.82) is 0 Å². The largest absolute Gasteiger partial charge is 0.461 e.